The van der Waals surface area contributed by atoms with Gasteiger partial charge < -0.3 is 4.42 Å². The monoisotopic (exact) mass is 405 g/mol. The number of halogens is 1. The molecule has 9 heteroatoms. The van der Waals surface area contributed by atoms with Crippen LogP contribution in [-0.4, -0.2) is 34.6 Å². The number of rotatable bonds is 4. The molecule has 5 rings (SSSR count). The Bertz CT molecular complexity index is 1320. The number of fused-ring (bicyclic) bond motifs is 1. The van der Waals surface area contributed by atoms with Gasteiger partial charge in [0.25, 0.3) is 5.89 Å². The highest BCUT2D eigenvalue weighted by Gasteiger charge is 2.17. The van der Waals surface area contributed by atoms with E-state index in [1.165, 1.54) is 0 Å². The highest BCUT2D eigenvalue weighted by atomic mass is 35.5. The summed E-state index contributed by atoms with van der Waals surface area (Å²) in [6.07, 6.45) is 4.10. The minimum atomic E-state index is 0.355. The lowest BCUT2D eigenvalue weighted by Gasteiger charge is -2.03. The molecule has 0 aliphatic carbocycles. The number of hydrogen-bond acceptors (Lipinski definition) is 6. The fraction of sp³-hybridized carbons (Fsp3) is 0.150. The molecule has 0 aliphatic heterocycles. The number of aromatic nitrogens is 7. The molecule has 0 bridgehead atoms. The van der Waals surface area contributed by atoms with Crippen LogP contribution in [0.3, 0.4) is 0 Å². The Morgan fingerprint density at radius 3 is 2.69 bits per heavy atom. The van der Waals surface area contributed by atoms with Crippen molar-refractivity contribution in [2.45, 2.75) is 13.3 Å². The van der Waals surface area contributed by atoms with Crippen molar-refractivity contribution in [3.05, 3.63) is 71.0 Å². The molecule has 1 aromatic carbocycles. The van der Waals surface area contributed by atoms with Crippen molar-refractivity contribution in [2.24, 2.45) is 7.05 Å². The van der Waals surface area contributed by atoms with Crippen molar-refractivity contribution in [3.8, 4) is 22.8 Å². The average Bonchev–Trinajstić information content (AvgIpc) is 3.43. The van der Waals surface area contributed by atoms with E-state index in [0.29, 0.717) is 34.6 Å². The summed E-state index contributed by atoms with van der Waals surface area (Å²) in [7, 11) is 1.91. The second-order valence-electron chi connectivity index (χ2n) is 6.70. The van der Waals surface area contributed by atoms with Gasteiger partial charge in [0.2, 0.25) is 5.89 Å². The summed E-state index contributed by atoms with van der Waals surface area (Å²) in [5.41, 5.74) is 5.23. The molecule has 0 atom stereocenters. The zero-order valence-electron chi connectivity index (χ0n) is 15.7. The largest absolute Gasteiger partial charge is 0.419 e. The quantitative estimate of drug-likeness (QED) is 0.452. The van der Waals surface area contributed by atoms with Gasteiger partial charge in [-0.05, 0) is 30.7 Å². The lowest BCUT2D eigenvalue weighted by molar-refractivity contribution is 0.516. The fourth-order valence-electron chi connectivity index (χ4n) is 3.16. The molecular formula is C20H16ClN7O. The van der Waals surface area contributed by atoms with E-state index >= 15 is 0 Å². The van der Waals surface area contributed by atoms with Gasteiger partial charge in [0, 0.05) is 35.6 Å². The third kappa shape index (κ3) is 3.17. The summed E-state index contributed by atoms with van der Waals surface area (Å²) in [5, 5.41) is 18.0. The minimum absolute atomic E-state index is 0.355. The Morgan fingerprint density at radius 2 is 1.93 bits per heavy atom. The molecule has 0 spiro atoms. The third-order valence-corrected chi connectivity index (χ3v) is 5.08. The molecule has 0 fully saturated rings. The molecule has 0 unspecified atom stereocenters. The van der Waals surface area contributed by atoms with Crippen molar-refractivity contribution in [1.82, 2.24) is 34.6 Å². The maximum Gasteiger partial charge on any atom is 0.268 e. The van der Waals surface area contributed by atoms with Crippen LogP contribution in [0.5, 0.6) is 0 Å². The van der Waals surface area contributed by atoms with E-state index in [2.05, 4.69) is 25.4 Å². The summed E-state index contributed by atoms with van der Waals surface area (Å²) in [5.74, 6) is 0.865. The summed E-state index contributed by atoms with van der Waals surface area (Å²) in [6.45, 7) is 2.01. The molecule has 29 heavy (non-hydrogen) atoms. The van der Waals surface area contributed by atoms with Gasteiger partial charge in [-0.15, -0.1) is 10.2 Å². The third-order valence-electron chi connectivity index (χ3n) is 4.82. The number of nitrogens with zero attached hydrogens (tertiary/aromatic N) is 7. The first-order valence-electron chi connectivity index (χ1n) is 8.99. The first-order chi connectivity index (χ1) is 14.1. The van der Waals surface area contributed by atoms with Gasteiger partial charge in [-0.2, -0.15) is 10.2 Å². The molecule has 0 aliphatic rings. The Kier molecular flexibility index (Phi) is 4.13. The smallest absolute Gasteiger partial charge is 0.268 e. The van der Waals surface area contributed by atoms with Crippen LogP contribution in [0.25, 0.3) is 28.5 Å². The van der Waals surface area contributed by atoms with Crippen LogP contribution in [0, 0.1) is 6.92 Å². The molecule has 0 radical (unpaired) electrons. The van der Waals surface area contributed by atoms with Crippen LogP contribution in [-0.2, 0) is 13.5 Å². The van der Waals surface area contributed by atoms with Crippen molar-refractivity contribution < 1.29 is 4.42 Å². The van der Waals surface area contributed by atoms with E-state index in [-0.39, 0.29) is 0 Å². The lowest BCUT2D eigenvalue weighted by atomic mass is 10.1. The molecule has 0 saturated heterocycles. The average molecular weight is 406 g/mol. The highest BCUT2D eigenvalue weighted by Crippen LogP contribution is 2.25. The zero-order chi connectivity index (χ0) is 20.0. The molecule has 0 saturated carbocycles. The summed E-state index contributed by atoms with van der Waals surface area (Å²) < 4.78 is 9.42. The molecule has 4 aromatic heterocycles. The standard InChI is InChI=1S/C20H16ClN7O/c1-12-15(11-23-27(12)2)17-7-8-22-18-10-16(26-28(17)18)20-25-24-19(29-20)9-13-3-5-14(21)6-4-13/h3-8,10-11H,9H2,1-2H3. The van der Waals surface area contributed by atoms with Crippen LogP contribution >= 0.6 is 11.6 Å². The van der Waals surface area contributed by atoms with E-state index in [4.69, 9.17) is 16.0 Å². The maximum absolute atomic E-state index is 5.93. The van der Waals surface area contributed by atoms with Crippen LogP contribution in [0.2, 0.25) is 5.02 Å². The highest BCUT2D eigenvalue weighted by molar-refractivity contribution is 6.30. The number of aryl methyl sites for hydroxylation is 1. The maximum atomic E-state index is 5.93. The van der Waals surface area contributed by atoms with E-state index in [1.807, 2.05) is 61.2 Å². The van der Waals surface area contributed by atoms with Crippen molar-refractivity contribution in [1.29, 1.82) is 0 Å². The molecule has 5 aromatic rings. The predicted molar refractivity (Wildman–Crippen MR) is 107 cm³/mol. The molecule has 4 heterocycles. The number of hydrogen-bond donors (Lipinski definition) is 0. The zero-order valence-corrected chi connectivity index (χ0v) is 16.5. The van der Waals surface area contributed by atoms with Gasteiger partial charge >= 0.3 is 0 Å². The summed E-state index contributed by atoms with van der Waals surface area (Å²) in [6, 6.07) is 11.3. The van der Waals surface area contributed by atoms with E-state index in [0.717, 1.165) is 22.5 Å². The Hall–Kier alpha value is -3.52. The second-order valence-corrected chi connectivity index (χ2v) is 7.14. The van der Waals surface area contributed by atoms with Gasteiger partial charge in [-0.25, -0.2) is 9.50 Å². The Labute approximate surface area is 170 Å². The van der Waals surface area contributed by atoms with Crippen LogP contribution in [0.15, 0.2) is 53.2 Å². The summed E-state index contributed by atoms with van der Waals surface area (Å²) >= 11 is 5.93. The van der Waals surface area contributed by atoms with Crippen molar-refractivity contribution >= 4 is 17.2 Å². The first kappa shape index (κ1) is 17.6. The Balaban J connectivity index is 1.50. The molecule has 8 nitrogen and oxygen atoms in total. The van der Waals surface area contributed by atoms with E-state index in [9.17, 15) is 0 Å². The van der Waals surface area contributed by atoms with Crippen LogP contribution < -0.4 is 0 Å². The lowest BCUT2D eigenvalue weighted by Crippen LogP contribution is -1.97. The topological polar surface area (TPSA) is 86.9 Å². The Morgan fingerprint density at radius 1 is 1.10 bits per heavy atom. The number of benzene rings is 1. The van der Waals surface area contributed by atoms with Crippen molar-refractivity contribution in [3.63, 3.8) is 0 Å². The van der Waals surface area contributed by atoms with Crippen LogP contribution in [0.1, 0.15) is 17.1 Å². The fourth-order valence-corrected chi connectivity index (χ4v) is 3.29. The molecular weight excluding hydrogens is 390 g/mol. The molecule has 144 valence electrons. The minimum Gasteiger partial charge on any atom is -0.419 e. The molecule has 0 N–H and O–H groups in total. The van der Waals surface area contributed by atoms with Crippen molar-refractivity contribution in [2.75, 3.05) is 0 Å². The van der Waals surface area contributed by atoms with Gasteiger partial charge in [0.05, 0.1) is 18.3 Å². The van der Waals surface area contributed by atoms with Crippen LogP contribution in [0.4, 0.5) is 0 Å². The second kappa shape index (κ2) is 6.82. The van der Waals surface area contributed by atoms with E-state index in [1.54, 1.807) is 10.7 Å². The predicted octanol–water partition coefficient (Wildman–Crippen LogP) is 3.73. The SMILES string of the molecule is Cc1c(-c2ccnc3cc(-c4nnc(Cc5ccc(Cl)cc5)o4)nn23)cnn1C. The van der Waals surface area contributed by atoms with Gasteiger partial charge in [0.15, 0.2) is 11.3 Å². The first-order valence-corrected chi connectivity index (χ1v) is 9.37. The van der Waals surface area contributed by atoms with Gasteiger partial charge in [0.1, 0.15) is 0 Å². The molecule has 0 amide bonds. The van der Waals surface area contributed by atoms with Gasteiger partial charge in [-0.1, -0.05) is 23.7 Å². The van der Waals surface area contributed by atoms with E-state index < -0.39 is 0 Å². The normalized spacial score (nSPS) is 11.4. The summed E-state index contributed by atoms with van der Waals surface area (Å²) in [4.78, 5) is 4.40. The van der Waals surface area contributed by atoms with Gasteiger partial charge in [-0.3, -0.25) is 4.68 Å².